The van der Waals surface area contributed by atoms with Crippen LogP contribution in [0.15, 0.2) is 18.2 Å². The molecular weight excluding hydrogens is 253 g/mol. The third-order valence-electron chi connectivity index (χ3n) is 1.97. The molecule has 92 valence electrons. The Kier molecular flexibility index (Phi) is 4.42. The van der Waals surface area contributed by atoms with Crippen LogP contribution in [0.3, 0.4) is 0 Å². The van der Waals surface area contributed by atoms with E-state index in [0.29, 0.717) is 0 Å². The van der Waals surface area contributed by atoms with Crippen molar-refractivity contribution in [3.63, 3.8) is 0 Å². The lowest BCUT2D eigenvalue weighted by Crippen LogP contribution is -2.43. The average Bonchev–Trinajstić information content (AvgIpc) is 2.28. The Morgan fingerprint density at radius 1 is 1.47 bits per heavy atom. The van der Waals surface area contributed by atoms with Gasteiger partial charge in [0.25, 0.3) is 5.91 Å². The van der Waals surface area contributed by atoms with Crippen molar-refractivity contribution in [1.29, 1.82) is 0 Å². The van der Waals surface area contributed by atoms with Gasteiger partial charge in [-0.25, -0.2) is 9.18 Å². The van der Waals surface area contributed by atoms with Gasteiger partial charge in [-0.05, 0) is 18.2 Å². The molecule has 1 aromatic rings. The number of aliphatic hydroxyl groups is 1. The number of hydrogen-bond acceptors (Lipinski definition) is 3. The van der Waals surface area contributed by atoms with Crippen LogP contribution in [0, 0.1) is 5.82 Å². The number of carbonyl (C=O) groups excluding carboxylic acids is 1. The Morgan fingerprint density at radius 3 is 2.59 bits per heavy atom. The zero-order chi connectivity index (χ0) is 13.0. The third-order valence-corrected chi connectivity index (χ3v) is 2.26. The molecule has 0 heterocycles. The summed E-state index contributed by atoms with van der Waals surface area (Å²) in [7, 11) is 0. The first-order valence-electron chi connectivity index (χ1n) is 4.55. The summed E-state index contributed by atoms with van der Waals surface area (Å²) in [5, 5.41) is 19.1. The second-order valence-electron chi connectivity index (χ2n) is 3.18. The number of hydrogen-bond donors (Lipinski definition) is 3. The lowest BCUT2D eigenvalue weighted by atomic mass is 10.2. The average molecular weight is 262 g/mol. The van der Waals surface area contributed by atoms with Crippen molar-refractivity contribution in [2.24, 2.45) is 0 Å². The first kappa shape index (κ1) is 13.4. The van der Waals surface area contributed by atoms with Gasteiger partial charge in [0.1, 0.15) is 5.82 Å². The predicted octanol–water partition coefficient (Wildman–Crippen LogP) is 0.654. The number of halogens is 2. The van der Waals surface area contributed by atoms with E-state index >= 15 is 0 Å². The van der Waals surface area contributed by atoms with E-state index in [4.69, 9.17) is 21.8 Å². The van der Waals surface area contributed by atoms with E-state index in [1.54, 1.807) is 0 Å². The maximum atomic E-state index is 12.8. The molecule has 0 aliphatic rings. The maximum absolute atomic E-state index is 12.8. The molecule has 0 radical (unpaired) electrons. The number of aliphatic carboxylic acids is 1. The van der Waals surface area contributed by atoms with Crippen molar-refractivity contribution < 1.29 is 24.2 Å². The quantitative estimate of drug-likeness (QED) is 0.743. The lowest BCUT2D eigenvalue weighted by Gasteiger charge is -2.11. The molecule has 0 aliphatic carbocycles. The summed E-state index contributed by atoms with van der Waals surface area (Å²) >= 11 is 5.47. The normalized spacial score (nSPS) is 11.9. The summed E-state index contributed by atoms with van der Waals surface area (Å²) in [5.74, 6) is -2.80. The molecule has 0 spiro atoms. The second-order valence-corrected chi connectivity index (χ2v) is 3.58. The van der Waals surface area contributed by atoms with Gasteiger partial charge >= 0.3 is 5.97 Å². The van der Waals surface area contributed by atoms with Crippen LogP contribution in [0.4, 0.5) is 4.39 Å². The highest BCUT2D eigenvalue weighted by Crippen LogP contribution is 2.15. The van der Waals surface area contributed by atoms with Crippen LogP contribution in [0.25, 0.3) is 0 Å². The van der Waals surface area contributed by atoms with Crippen molar-refractivity contribution in [2.45, 2.75) is 6.04 Å². The maximum Gasteiger partial charge on any atom is 0.328 e. The van der Waals surface area contributed by atoms with Crippen LogP contribution in [0.5, 0.6) is 0 Å². The highest BCUT2D eigenvalue weighted by Gasteiger charge is 2.19. The van der Waals surface area contributed by atoms with Gasteiger partial charge in [0.15, 0.2) is 6.04 Å². The molecule has 1 unspecified atom stereocenters. The van der Waals surface area contributed by atoms with Gasteiger partial charge in [0.2, 0.25) is 0 Å². The minimum absolute atomic E-state index is 0.0103. The summed E-state index contributed by atoms with van der Waals surface area (Å²) in [6.45, 7) is -0.740. The standard InChI is InChI=1S/C10H9ClFNO4/c11-6-3-5(1-2-7(6)12)9(15)13-8(4-14)10(16)17/h1-3,8,14H,4H2,(H,13,15)(H,16,17). The molecule has 7 heteroatoms. The van der Waals surface area contributed by atoms with Crippen LogP contribution in [0.1, 0.15) is 10.4 Å². The SMILES string of the molecule is O=C(NC(CO)C(=O)O)c1ccc(F)c(Cl)c1. The highest BCUT2D eigenvalue weighted by molar-refractivity contribution is 6.31. The van der Waals surface area contributed by atoms with Crippen molar-refractivity contribution in [2.75, 3.05) is 6.61 Å². The molecule has 0 bridgehead atoms. The molecule has 3 N–H and O–H groups in total. The summed E-state index contributed by atoms with van der Waals surface area (Å²) in [4.78, 5) is 22.1. The molecular formula is C10H9ClFNO4. The fraction of sp³-hybridized carbons (Fsp3) is 0.200. The van der Waals surface area contributed by atoms with Gasteiger partial charge in [0.05, 0.1) is 11.6 Å². The molecule has 0 aliphatic heterocycles. The Hall–Kier alpha value is -1.66. The lowest BCUT2D eigenvalue weighted by molar-refractivity contribution is -0.140. The molecule has 1 atom stereocenters. The van der Waals surface area contributed by atoms with Crippen LogP contribution in [-0.2, 0) is 4.79 Å². The molecule has 0 saturated heterocycles. The molecule has 17 heavy (non-hydrogen) atoms. The fourth-order valence-electron chi connectivity index (χ4n) is 1.06. The minimum Gasteiger partial charge on any atom is -0.480 e. The summed E-state index contributed by atoms with van der Waals surface area (Å²) in [5.41, 5.74) is 0.0103. The van der Waals surface area contributed by atoms with Crippen molar-refractivity contribution in [3.05, 3.63) is 34.6 Å². The number of carboxylic acid groups (broad SMARTS) is 1. The zero-order valence-corrected chi connectivity index (χ0v) is 9.24. The molecule has 1 aromatic carbocycles. The topological polar surface area (TPSA) is 86.6 Å². The number of nitrogens with one attached hydrogen (secondary N) is 1. The van der Waals surface area contributed by atoms with E-state index in [1.807, 2.05) is 0 Å². The van der Waals surface area contributed by atoms with Gasteiger partial charge < -0.3 is 15.5 Å². The predicted molar refractivity (Wildman–Crippen MR) is 57.4 cm³/mol. The largest absolute Gasteiger partial charge is 0.480 e. The van der Waals surface area contributed by atoms with Gasteiger partial charge in [0, 0.05) is 5.56 Å². The van der Waals surface area contributed by atoms with E-state index in [-0.39, 0.29) is 10.6 Å². The van der Waals surface area contributed by atoms with Crippen LogP contribution >= 0.6 is 11.6 Å². The number of aliphatic hydroxyl groups excluding tert-OH is 1. The molecule has 1 amide bonds. The Labute approximate surface area is 101 Å². The smallest absolute Gasteiger partial charge is 0.328 e. The van der Waals surface area contributed by atoms with Crippen molar-refractivity contribution >= 4 is 23.5 Å². The Bertz CT molecular complexity index is 452. The van der Waals surface area contributed by atoms with Crippen LogP contribution in [0.2, 0.25) is 5.02 Å². The fourth-order valence-corrected chi connectivity index (χ4v) is 1.24. The van der Waals surface area contributed by atoms with E-state index in [2.05, 4.69) is 5.32 Å². The van der Waals surface area contributed by atoms with Crippen molar-refractivity contribution in [1.82, 2.24) is 5.32 Å². The van der Waals surface area contributed by atoms with E-state index in [1.165, 1.54) is 0 Å². The summed E-state index contributed by atoms with van der Waals surface area (Å²) < 4.78 is 12.8. The number of benzene rings is 1. The van der Waals surface area contributed by atoms with Gasteiger partial charge in [-0.15, -0.1) is 0 Å². The van der Waals surface area contributed by atoms with Gasteiger partial charge in [-0.2, -0.15) is 0 Å². The van der Waals surface area contributed by atoms with Crippen LogP contribution in [-0.4, -0.2) is 34.7 Å². The highest BCUT2D eigenvalue weighted by atomic mass is 35.5. The number of carboxylic acids is 1. The van der Waals surface area contributed by atoms with Gasteiger partial charge in [-0.3, -0.25) is 4.79 Å². The first-order valence-corrected chi connectivity index (χ1v) is 4.93. The molecule has 0 aromatic heterocycles. The number of amides is 1. The number of carbonyl (C=O) groups is 2. The Balaban J connectivity index is 2.82. The monoisotopic (exact) mass is 261 g/mol. The molecule has 1 rings (SSSR count). The van der Waals surface area contributed by atoms with Gasteiger partial charge in [-0.1, -0.05) is 11.6 Å². The molecule has 0 saturated carbocycles. The van der Waals surface area contributed by atoms with Crippen molar-refractivity contribution in [3.8, 4) is 0 Å². The second kappa shape index (κ2) is 5.60. The summed E-state index contributed by atoms with van der Waals surface area (Å²) in [6.07, 6.45) is 0. The molecule has 5 nitrogen and oxygen atoms in total. The molecule has 0 fully saturated rings. The van der Waals surface area contributed by atoms with E-state index in [0.717, 1.165) is 18.2 Å². The third kappa shape index (κ3) is 3.40. The van der Waals surface area contributed by atoms with Crippen LogP contribution < -0.4 is 5.32 Å². The van der Waals surface area contributed by atoms with E-state index < -0.39 is 30.3 Å². The first-order chi connectivity index (χ1) is 7.95. The minimum atomic E-state index is -1.41. The Morgan fingerprint density at radius 2 is 2.12 bits per heavy atom. The summed E-state index contributed by atoms with van der Waals surface area (Å²) in [6, 6.07) is 1.81. The zero-order valence-electron chi connectivity index (χ0n) is 8.48. The number of rotatable bonds is 4. The van der Waals surface area contributed by atoms with E-state index in [9.17, 15) is 14.0 Å².